The molecule has 0 heterocycles. The fraction of sp³-hybridized carbons (Fsp3) is 0. The zero-order valence-electron chi connectivity index (χ0n) is 9.79. The Labute approximate surface area is 169 Å². The van der Waals surface area contributed by atoms with Crippen molar-refractivity contribution in [3.8, 4) is 39.4 Å². The largest absolute Gasteiger partial charge is 2.00 e. The van der Waals surface area contributed by atoms with Crippen molar-refractivity contribution in [1.29, 1.82) is 31.6 Å². The molecule has 15 heavy (non-hydrogen) atoms. The molecule has 9 heteroatoms. The summed E-state index contributed by atoms with van der Waals surface area (Å²) in [5.41, 5.74) is 0. The van der Waals surface area contributed by atoms with Gasteiger partial charge in [0.25, 0.3) is 0 Å². The molecule has 0 spiro atoms. The van der Waals surface area contributed by atoms with Gasteiger partial charge in [0.1, 0.15) is 0 Å². The number of hydrogen-bond acceptors (Lipinski definition) is 6. The molecule has 0 N–H and O–H groups in total. The van der Waals surface area contributed by atoms with E-state index in [0.717, 1.165) is 0 Å². The van der Waals surface area contributed by atoms with Crippen LogP contribution in [0.4, 0.5) is 0 Å². The van der Waals surface area contributed by atoms with Gasteiger partial charge in [0.2, 0.25) is 0 Å². The third-order valence-electron chi connectivity index (χ3n) is 0. The topological polar surface area (TPSA) is 143 Å². The molecule has 0 aliphatic carbocycles. The van der Waals surface area contributed by atoms with Gasteiger partial charge in [-0.1, -0.05) is 0 Å². The molecule has 0 aromatic carbocycles. The summed E-state index contributed by atoms with van der Waals surface area (Å²) in [6.07, 6.45) is 0. The van der Waals surface area contributed by atoms with Gasteiger partial charge in [-0.2, -0.15) is 0 Å². The van der Waals surface area contributed by atoms with Crippen LogP contribution in [0.15, 0.2) is 0 Å². The van der Waals surface area contributed by atoms with Crippen LogP contribution in [0.2, 0.25) is 0 Å². The molecule has 0 aliphatic heterocycles. The van der Waals surface area contributed by atoms with Crippen LogP contribution in [0.5, 0.6) is 0 Å². The first-order valence-electron chi connectivity index (χ1n) is 1.55. The maximum atomic E-state index is 6.50. The van der Waals surface area contributed by atoms with E-state index in [9.17, 15) is 0 Å². The minimum atomic E-state index is 0. The molecule has 75 valence electrons. The molecule has 0 aliphatic rings. The Morgan fingerprint density at radius 2 is 0.467 bits per heavy atom. The van der Waals surface area contributed by atoms with Gasteiger partial charge in [0.05, 0.1) is 0 Å². The molecule has 0 atom stereocenters. The molecular formula is C6H8FeLaN6Sr. The second-order valence-corrected chi connectivity index (χ2v) is 0. The van der Waals surface area contributed by atoms with Crippen LogP contribution in [0.25, 0.3) is 0 Å². The molecule has 0 unspecified atom stereocenters. The van der Waals surface area contributed by atoms with Crippen LogP contribution in [-0.4, -0.2) is 45.5 Å². The quantitative estimate of drug-likeness (QED) is 0.501. The molecule has 0 amide bonds. The molecule has 0 aromatic heterocycles. The van der Waals surface area contributed by atoms with E-state index in [4.69, 9.17) is 31.6 Å². The van der Waals surface area contributed by atoms with Gasteiger partial charge in [-0.15, -0.1) is 0 Å². The zero-order chi connectivity index (χ0) is 12.0. The summed E-state index contributed by atoms with van der Waals surface area (Å²) in [4.78, 5) is 0. The summed E-state index contributed by atoms with van der Waals surface area (Å²) >= 11 is 0. The van der Waals surface area contributed by atoms with E-state index in [2.05, 4.69) is 39.4 Å². The maximum absolute atomic E-state index is 6.50. The van der Waals surface area contributed by atoms with Gasteiger partial charge >= 0.3 is 45.5 Å². The van der Waals surface area contributed by atoms with Gasteiger partial charge in [0.15, 0.2) is 0 Å². The summed E-state index contributed by atoms with van der Waals surface area (Å²) in [6, 6.07) is 0. The van der Waals surface area contributed by atoms with Crippen molar-refractivity contribution in [2.24, 2.45) is 0 Å². The number of nitrogens with zero attached hydrogens (tertiary/aromatic N) is 6. The Kier molecular flexibility index (Phi) is 719000. The molecule has 0 aromatic rings. The second kappa shape index (κ2) is 134000. The summed E-state index contributed by atoms with van der Waals surface area (Å²) < 4.78 is 0. The Balaban J connectivity index is -0.00000000267. The van der Waals surface area contributed by atoms with Crippen molar-refractivity contribution in [3.63, 3.8) is 0 Å². The standard InChI is InChI=1S/6CHN.Fe.La.Sr.2H/c6*1-2;;;;;/h6*1H;;;;;/q;;;;;;;;+2;2*-1. The summed E-state index contributed by atoms with van der Waals surface area (Å²) in [7, 11) is 0. The fourth-order valence-electron chi connectivity index (χ4n) is 0. The monoisotopic (exact) mass is 447 g/mol. The Hall–Kier alpha value is 0.135. The predicted molar refractivity (Wildman–Crippen MR) is 48.0 cm³/mol. The van der Waals surface area contributed by atoms with Crippen LogP contribution in [0.1, 0.15) is 2.85 Å². The van der Waals surface area contributed by atoms with E-state index in [1.807, 2.05) is 0 Å². The van der Waals surface area contributed by atoms with E-state index in [1.54, 1.807) is 0 Å². The molecule has 0 bridgehead atoms. The van der Waals surface area contributed by atoms with Crippen LogP contribution in [0, 0.1) is 107 Å². The van der Waals surface area contributed by atoms with E-state index >= 15 is 0 Å². The Morgan fingerprint density at radius 1 is 0.467 bits per heavy atom. The van der Waals surface area contributed by atoms with Crippen molar-refractivity contribution in [2.45, 2.75) is 0 Å². The smallest absolute Gasteiger partial charge is 1.00 e. The summed E-state index contributed by atoms with van der Waals surface area (Å²) in [5, 5.41) is 39.0. The van der Waals surface area contributed by atoms with Crippen LogP contribution in [0.3, 0.4) is 0 Å². The maximum Gasteiger partial charge on any atom is 2.00 e. The summed E-state index contributed by atoms with van der Waals surface area (Å²) in [5.74, 6) is 0. The van der Waals surface area contributed by atoms with E-state index in [0.29, 0.717) is 0 Å². The minimum Gasteiger partial charge on any atom is -1.00 e. The van der Waals surface area contributed by atoms with Gasteiger partial charge in [-0.3, -0.25) is 0 Å². The van der Waals surface area contributed by atoms with Crippen molar-refractivity contribution in [1.82, 2.24) is 0 Å². The van der Waals surface area contributed by atoms with Gasteiger partial charge in [-0.05, 0) is 0 Å². The van der Waals surface area contributed by atoms with E-state index in [-0.39, 0.29) is 101 Å². The number of rotatable bonds is 0. The number of hydrogen-bond donors (Lipinski definition) is 0. The van der Waals surface area contributed by atoms with Gasteiger partial charge in [0, 0.05) is 92.1 Å². The second-order valence-electron chi connectivity index (χ2n) is 0. The van der Waals surface area contributed by atoms with E-state index in [1.165, 1.54) is 0 Å². The van der Waals surface area contributed by atoms with Crippen LogP contribution < -0.4 is 0 Å². The Bertz CT molecular complexity index is 112. The normalized spacial score (nSPS) is 0.800. The first kappa shape index (κ1) is 80.3. The molecule has 0 rings (SSSR count). The first-order chi connectivity index (χ1) is 6.00. The molecule has 1 radical (unpaired) electrons. The first-order valence-corrected chi connectivity index (χ1v) is 1.55. The van der Waals surface area contributed by atoms with Crippen molar-refractivity contribution in [2.75, 3.05) is 0 Å². The van der Waals surface area contributed by atoms with Crippen molar-refractivity contribution >= 4 is 45.5 Å². The Morgan fingerprint density at radius 3 is 0.467 bits per heavy atom. The molecular weight excluding hydrogens is 438 g/mol. The average molecular weight is 447 g/mol. The van der Waals surface area contributed by atoms with Crippen molar-refractivity contribution < 1.29 is 55.5 Å². The zero-order valence-corrected chi connectivity index (χ0v) is 16.0. The minimum absolute atomic E-state index is 0. The van der Waals surface area contributed by atoms with Crippen LogP contribution >= 0.6 is 0 Å². The third-order valence-corrected chi connectivity index (χ3v) is 0. The fourth-order valence-corrected chi connectivity index (χ4v) is 0. The van der Waals surface area contributed by atoms with Crippen molar-refractivity contribution in [3.05, 3.63) is 0 Å². The molecule has 0 saturated heterocycles. The van der Waals surface area contributed by atoms with Gasteiger partial charge in [-0.25, -0.2) is 31.6 Å². The average Bonchev–Trinajstić information content (AvgIpc) is 2.33. The SMILES string of the molecule is C#N.C#N.C#N.C#N.C#N.C#N.[Fe].[H-].[H-].[La].[Sr+2]. The molecule has 0 fully saturated rings. The number of nitriles is 6. The van der Waals surface area contributed by atoms with Crippen LogP contribution in [-0.2, 0) is 17.1 Å². The third kappa shape index (κ3) is 115000. The predicted octanol–water partition coefficient (Wildman–Crippen LogP) is 0.680. The van der Waals surface area contributed by atoms with E-state index < -0.39 is 0 Å². The molecule has 6 nitrogen and oxygen atoms in total. The summed E-state index contributed by atoms with van der Waals surface area (Å²) in [6.45, 7) is 21.0. The molecule has 0 saturated carbocycles. The van der Waals surface area contributed by atoms with Gasteiger partial charge < -0.3 is 2.85 Å².